The minimum absolute atomic E-state index is 0.213. The lowest BCUT2D eigenvalue weighted by Gasteiger charge is -2.18. The molecule has 156 valence electrons. The van der Waals surface area contributed by atoms with Gasteiger partial charge in [0.1, 0.15) is 6.10 Å². The predicted octanol–water partition coefficient (Wildman–Crippen LogP) is 7.31. The van der Waals surface area contributed by atoms with E-state index in [0.29, 0.717) is 17.4 Å². The van der Waals surface area contributed by atoms with Crippen molar-refractivity contribution in [3.63, 3.8) is 0 Å². The first kappa shape index (κ1) is 22.3. The van der Waals surface area contributed by atoms with E-state index in [-0.39, 0.29) is 6.10 Å². The van der Waals surface area contributed by atoms with Crippen LogP contribution >= 0.6 is 23.5 Å². The molecular formula is C25H27NO2S2. The zero-order valence-corrected chi connectivity index (χ0v) is 18.9. The summed E-state index contributed by atoms with van der Waals surface area (Å²) in [6, 6.07) is 28.3. The number of amides is 1. The molecule has 0 fully saturated rings. The van der Waals surface area contributed by atoms with Crippen molar-refractivity contribution >= 4 is 35.3 Å². The van der Waals surface area contributed by atoms with Gasteiger partial charge < -0.3 is 4.74 Å². The maximum Gasteiger partial charge on any atom is 0.411 e. The third-order valence-electron chi connectivity index (χ3n) is 4.46. The Balaban J connectivity index is 1.58. The van der Waals surface area contributed by atoms with Crippen molar-refractivity contribution in [1.82, 2.24) is 0 Å². The van der Waals surface area contributed by atoms with Crippen LogP contribution in [-0.2, 0) is 4.74 Å². The van der Waals surface area contributed by atoms with Gasteiger partial charge in [-0.15, -0.1) is 23.5 Å². The summed E-state index contributed by atoms with van der Waals surface area (Å²) in [7, 11) is 0. The van der Waals surface area contributed by atoms with E-state index in [1.807, 2.05) is 60.7 Å². The topological polar surface area (TPSA) is 38.3 Å². The highest BCUT2D eigenvalue weighted by atomic mass is 32.2. The van der Waals surface area contributed by atoms with Gasteiger partial charge in [-0.05, 0) is 47.9 Å². The van der Waals surface area contributed by atoms with E-state index in [1.165, 1.54) is 15.4 Å². The summed E-state index contributed by atoms with van der Waals surface area (Å²) >= 11 is 3.40. The number of hydrogen-bond donors (Lipinski definition) is 1. The Kier molecular flexibility index (Phi) is 8.72. The standard InChI is InChI=1S/C25H27NO2S2/c1-19(2)20-13-15-21(16-14-20)26-25(27)28-22(17-29-23-9-5-3-6-10-23)18-30-24-11-7-4-8-12-24/h3-16,19,22H,17-18H2,1-2H3,(H,26,27). The second-order valence-corrected chi connectivity index (χ2v) is 9.36. The molecule has 3 rings (SSSR count). The number of nitrogens with one attached hydrogen (secondary N) is 1. The van der Waals surface area contributed by atoms with E-state index in [4.69, 9.17) is 4.74 Å². The number of carbonyl (C=O) groups is 1. The quantitative estimate of drug-likeness (QED) is 0.356. The van der Waals surface area contributed by atoms with Crippen LogP contribution in [0.4, 0.5) is 10.5 Å². The molecule has 0 atom stereocenters. The highest BCUT2D eigenvalue weighted by molar-refractivity contribution is 8.00. The predicted molar refractivity (Wildman–Crippen MR) is 129 cm³/mol. The molecule has 0 aliphatic rings. The van der Waals surface area contributed by atoms with E-state index in [1.54, 1.807) is 23.5 Å². The van der Waals surface area contributed by atoms with Crippen molar-refractivity contribution < 1.29 is 9.53 Å². The van der Waals surface area contributed by atoms with Gasteiger partial charge >= 0.3 is 6.09 Å². The van der Waals surface area contributed by atoms with E-state index in [0.717, 1.165) is 5.69 Å². The molecule has 0 radical (unpaired) electrons. The maximum atomic E-state index is 12.5. The first-order chi connectivity index (χ1) is 14.6. The van der Waals surface area contributed by atoms with Crippen molar-refractivity contribution in [2.75, 3.05) is 16.8 Å². The zero-order valence-electron chi connectivity index (χ0n) is 17.3. The van der Waals surface area contributed by atoms with Crippen LogP contribution in [-0.4, -0.2) is 23.7 Å². The summed E-state index contributed by atoms with van der Waals surface area (Å²) < 4.78 is 5.78. The Bertz CT molecular complexity index is 856. The van der Waals surface area contributed by atoms with Gasteiger partial charge in [0.25, 0.3) is 0 Å². The minimum Gasteiger partial charge on any atom is -0.444 e. The number of rotatable bonds is 9. The second kappa shape index (κ2) is 11.7. The van der Waals surface area contributed by atoms with Crippen molar-refractivity contribution in [2.24, 2.45) is 0 Å². The summed E-state index contributed by atoms with van der Waals surface area (Å²) in [6.45, 7) is 4.30. The molecule has 3 aromatic rings. The molecule has 3 nitrogen and oxygen atoms in total. The van der Waals surface area contributed by atoms with Gasteiger partial charge in [0.05, 0.1) is 0 Å². The molecule has 5 heteroatoms. The molecule has 1 N–H and O–H groups in total. The Morgan fingerprint density at radius 3 is 1.77 bits per heavy atom. The third kappa shape index (κ3) is 7.47. The fourth-order valence-corrected chi connectivity index (χ4v) is 4.75. The number of anilines is 1. The van der Waals surface area contributed by atoms with Gasteiger partial charge in [0.15, 0.2) is 0 Å². The molecule has 0 saturated carbocycles. The molecule has 0 heterocycles. The molecular weight excluding hydrogens is 410 g/mol. The highest BCUT2D eigenvalue weighted by Crippen LogP contribution is 2.24. The van der Waals surface area contributed by atoms with E-state index < -0.39 is 6.09 Å². The fourth-order valence-electron chi connectivity index (χ4n) is 2.78. The Morgan fingerprint density at radius 2 is 1.30 bits per heavy atom. The number of benzene rings is 3. The first-order valence-electron chi connectivity index (χ1n) is 10.0. The van der Waals surface area contributed by atoms with Gasteiger partial charge in [-0.1, -0.05) is 62.4 Å². The maximum absolute atomic E-state index is 12.5. The largest absolute Gasteiger partial charge is 0.444 e. The number of ether oxygens (including phenoxy) is 1. The van der Waals surface area contributed by atoms with Crippen molar-refractivity contribution in [1.29, 1.82) is 0 Å². The van der Waals surface area contributed by atoms with Crippen LogP contribution in [0.5, 0.6) is 0 Å². The molecule has 0 aromatic heterocycles. The van der Waals surface area contributed by atoms with Crippen LogP contribution in [0.3, 0.4) is 0 Å². The van der Waals surface area contributed by atoms with Crippen LogP contribution < -0.4 is 5.32 Å². The summed E-state index contributed by atoms with van der Waals surface area (Å²) in [5, 5.41) is 2.86. The number of hydrogen-bond acceptors (Lipinski definition) is 4. The molecule has 0 unspecified atom stereocenters. The molecule has 0 saturated heterocycles. The lowest BCUT2D eigenvalue weighted by molar-refractivity contribution is 0.134. The summed E-state index contributed by atoms with van der Waals surface area (Å²) in [5.74, 6) is 1.85. The van der Waals surface area contributed by atoms with E-state index in [2.05, 4.69) is 43.4 Å². The highest BCUT2D eigenvalue weighted by Gasteiger charge is 2.16. The second-order valence-electron chi connectivity index (χ2n) is 7.18. The Labute approximate surface area is 187 Å². The SMILES string of the molecule is CC(C)c1ccc(NC(=O)OC(CSc2ccccc2)CSc2ccccc2)cc1. The monoisotopic (exact) mass is 437 g/mol. The van der Waals surface area contributed by atoms with Gasteiger partial charge in [-0.2, -0.15) is 0 Å². The molecule has 1 amide bonds. The van der Waals surface area contributed by atoms with E-state index >= 15 is 0 Å². The van der Waals surface area contributed by atoms with Crippen LogP contribution in [0.15, 0.2) is 94.7 Å². The van der Waals surface area contributed by atoms with Gasteiger partial charge in [0.2, 0.25) is 0 Å². The number of carbonyl (C=O) groups excluding carboxylic acids is 1. The summed E-state index contributed by atoms with van der Waals surface area (Å²) in [5.41, 5.74) is 1.99. The smallest absolute Gasteiger partial charge is 0.411 e. The Morgan fingerprint density at radius 1 is 0.800 bits per heavy atom. The van der Waals surface area contributed by atoms with Crippen molar-refractivity contribution in [3.05, 3.63) is 90.5 Å². The summed E-state index contributed by atoms with van der Waals surface area (Å²) in [4.78, 5) is 14.8. The average Bonchev–Trinajstić information content (AvgIpc) is 2.77. The van der Waals surface area contributed by atoms with Crippen LogP contribution in [0.2, 0.25) is 0 Å². The third-order valence-corrected chi connectivity index (χ3v) is 6.74. The zero-order chi connectivity index (χ0) is 21.2. The molecule has 3 aromatic carbocycles. The van der Waals surface area contributed by atoms with Crippen molar-refractivity contribution in [3.8, 4) is 0 Å². The van der Waals surface area contributed by atoms with Crippen LogP contribution in [0.1, 0.15) is 25.3 Å². The van der Waals surface area contributed by atoms with Gasteiger partial charge in [-0.3, -0.25) is 5.32 Å². The average molecular weight is 438 g/mol. The fraction of sp³-hybridized carbons (Fsp3) is 0.240. The molecule has 0 aliphatic heterocycles. The summed E-state index contributed by atoms with van der Waals surface area (Å²) in [6.07, 6.45) is -0.630. The van der Waals surface area contributed by atoms with Gasteiger partial charge in [0, 0.05) is 27.0 Å². The minimum atomic E-state index is -0.417. The molecule has 0 spiro atoms. The normalized spacial score (nSPS) is 10.9. The van der Waals surface area contributed by atoms with Crippen molar-refractivity contribution in [2.45, 2.75) is 35.7 Å². The molecule has 30 heavy (non-hydrogen) atoms. The molecule has 0 aliphatic carbocycles. The van der Waals surface area contributed by atoms with Crippen LogP contribution in [0.25, 0.3) is 0 Å². The lowest BCUT2D eigenvalue weighted by atomic mass is 10.0. The Hall–Kier alpha value is -2.37. The number of thioether (sulfide) groups is 2. The lowest BCUT2D eigenvalue weighted by Crippen LogP contribution is -2.26. The van der Waals surface area contributed by atoms with Gasteiger partial charge in [-0.25, -0.2) is 4.79 Å². The first-order valence-corrected chi connectivity index (χ1v) is 12.0. The molecule has 0 bridgehead atoms. The van der Waals surface area contributed by atoms with Crippen LogP contribution in [0, 0.1) is 0 Å². The van der Waals surface area contributed by atoms with E-state index in [9.17, 15) is 4.79 Å².